The summed E-state index contributed by atoms with van der Waals surface area (Å²) in [5.41, 5.74) is 4.06. The molecule has 0 fully saturated rings. The van der Waals surface area contributed by atoms with Crippen molar-refractivity contribution in [3.05, 3.63) is 35.0 Å². The van der Waals surface area contributed by atoms with E-state index in [0.717, 1.165) is 29.4 Å². The van der Waals surface area contributed by atoms with E-state index in [-0.39, 0.29) is 12.5 Å². The summed E-state index contributed by atoms with van der Waals surface area (Å²) in [6.45, 7) is 4.85. The van der Waals surface area contributed by atoms with Crippen molar-refractivity contribution in [3.63, 3.8) is 0 Å². The fourth-order valence-electron chi connectivity index (χ4n) is 2.14. The Morgan fingerprint density at radius 3 is 2.84 bits per heavy atom. The summed E-state index contributed by atoms with van der Waals surface area (Å²) >= 11 is 0. The van der Waals surface area contributed by atoms with Crippen molar-refractivity contribution in [2.24, 2.45) is 0 Å². The van der Waals surface area contributed by atoms with E-state index in [2.05, 4.69) is 17.2 Å². The molecule has 0 atom stereocenters. The molecule has 1 heterocycles. The third kappa shape index (κ3) is 2.96. The lowest BCUT2D eigenvalue weighted by atomic mass is 10.1. The Morgan fingerprint density at radius 1 is 1.32 bits per heavy atom. The monoisotopic (exact) mass is 260 g/mol. The molecule has 1 aromatic carbocycles. The number of fused-ring (bicyclic) bond motifs is 1. The number of amides is 1. The van der Waals surface area contributed by atoms with Gasteiger partial charge in [-0.1, -0.05) is 0 Å². The molecule has 19 heavy (non-hydrogen) atoms. The Morgan fingerprint density at radius 2 is 2.11 bits per heavy atom. The number of hydrogen-bond donors (Lipinski definition) is 3. The van der Waals surface area contributed by atoms with Crippen LogP contribution in [-0.4, -0.2) is 29.1 Å². The fraction of sp³-hybridized carbons (Fsp3) is 0.400. The summed E-state index contributed by atoms with van der Waals surface area (Å²) in [6.07, 6.45) is 1.52. The third-order valence-electron chi connectivity index (χ3n) is 3.44. The van der Waals surface area contributed by atoms with E-state index < -0.39 is 0 Å². The van der Waals surface area contributed by atoms with E-state index in [1.807, 2.05) is 25.1 Å². The van der Waals surface area contributed by atoms with Crippen LogP contribution < -0.4 is 5.32 Å². The highest BCUT2D eigenvalue weighted by Gasteiger charge is 2.09. The number of aliphatic hydroxyl groups excluding tert-OH is 1. The lowest BCUT2D eigenvalue weighted by molar-refractivity contribution is 0.0952. The number of nitrogens with one attached hydrogen (secondary N) is 2. The van der Waals surface area contributed by atoms with Crippen LogP contribution >= 0.6 is 0 Å². The molecule has 0 bridgehead atoms. The van der Waals surface area contributed by atoms with Gasteiger partial charge in [0.1, 0.15) is 0 Å². The van der Waals surface area contributed by atoms with Gasteiger partial charge in [-0.2, -0.15) is 0 Å². The maximum Gasteiger partial charge on any atom is 0.251 e. The van der Waals surface area contributed by atoms with Crippen LogP contribution in [0.5, 0.6) is 0 Å². The summed E-state index contributed by atoms with van der Waals surface area (Å²) in [5.74, 6) is -0.0573. The maximum absolute atomic E-state index is 12.0. The van der Waals surface area contributed by atoms with Gasteiger partial charge in [0.05, 0.1) is 0 Å². The normalized spacial score (nSPS) is 10.9. The largest absolute Gasteiger partial charge is 0.396 e. The molecule has 0 aliphatic carbocycles. The first-order valence-electron chi connectivity index (χ1n) is 6.61. The summed E-state index contributed by atoms with van der Waals surface area (Å²) in [6, 6.07) is 5.70. The highest BCUT2D eigenvalue weighted by Crippen LogP contribution is 2.22. The van der Waals surface area contributed by atoms with E-state index in [0.29, 0.717) is 12.1 Å². The predicted molar refractivity (Wildman–Crippen MR) is 76.4 cm³/mol. The molecule has 1 aromatic heterocycles. The van der Waals surface area contributed by atoms with Gasteiger partial charge in [0.2, 0.25) is 0 Å². The van der Waals surface area contributed by atoms with Gasteiger partial charge < -0.3 is 15.4 Å². The van der Waals surface area contributed by atoms with E-state index in [1.165, 1.54) is 5.56 Å². The standard InChI is InChI=1S/C15H20N2O2/c1-10-11(2)17-14-6-5-12(9-13(10)14)15(19)16-7-3-4-8-18/h5-6,9,17-18H,3-4,7-8H2,1-2H3,(H,16,19). The number of aromatic amines is 1. The molecule has 0 aliphatic rings. The lowest BCUT2D eigenvalue weighted by Gasteiger charge is -2.05. The molecular formula is C15H20N2O2. The summed E-state index contributed by atoms with van der Waals surface area (Å²) in [4.78, 5) is 15.3. The first kappa shape index (κ1) is 13.6. The first-order valence-corrected chi connectivity index (χ1v) is 6.61. The van der Waals surface area contributed by atoms with Gasteiger partial charge in [0, 0.05) is 35.3 Å². The van der Waals surface area contributed by atoms with Gasteiger partial charge in [-0.05, 0) is 50.5 Å². The average Bonchev–Trinajstić information content (AvgIpc) is 2.70. The fourth-order valence-corrected chi connectivity index (χ4v) is 2.14. The number of benzene rings is 1. The van der Waals surface area contributed by atoms with Gasteiger partial charge in [-0.25, -0.2) is 0 Å². The van der Waals surface area contributed by atoms with Crippen molar-refractivity contribution in [1.29, 1.82) is 0 Å². The van der Waals surface area contributed by atoms with Crippen LogP contribution in [-0.2, 0) is 0 Å². The van der Waals surface area contributed by atoms with Gasteiger partial charge in [0.15, 0.2) is 0 Å². The second-order valence-electron chi connectivity index (χ2n) is 4.82. The Bertz CT molecular complexity index is 587. The molecule has 0 aliphatic heterocycles. The SMILES string of the molecule is Cc1[nH]c2ccc(C(=O)NCCCCO)cc2c1C. The molecule has 4 heteroatoms. The molecule has 0 unspecified atom stereocenters. The quantitative estimate of drug-likeness (QED) is 0.722. The summed E-state index contributed by atoms with van der Waals surface area (Å²) < 4.78 is 0. The highest BCUT2D eigenvalue weighted by molar-refractivity contribution is 5.99. The van der Waals surface area contributed by atoms with Crippen LogP contribution in [0.4, 0.5) is 0 Å². The lowest BCUT2D eigenvalue weighted by Crippen LogP contribution is -2.24. The van der Waals surface area contributed by atoms with Gasteiger partial charge in [0.25, 0.3) is 5.91 Å². The van der Waals surface area contributed by atoms with Gasteiger partial charge in [-0.3, -0.25) is 4.79 Å². The Labute approximate surface area is 112 Å². The van der Waals surface area contributed by atoms with Crippen molar-refractivity contribution in [2.75, 3.05) is 13.2 Å². The average molecular weight is 260 g/mol. The molecular weight excluding hydrogens is 240 g/mol. The number of unbranched alkanes of at least 4 members (excludes halogenated alkanes) is 1. The zero-order chi connectivity index (χ0) is 13.8. The van der Waals surface area contributed by atoms with Crippen molar-refractivity contribution >= 4 is 16.8 Å². The number of rotatable bonds is 5. The van der Waals surface area contributed by atoms with Crippen LogP contribution in [0.15, 0.2) is 18.2 Å². The molecule has 3 N–H and O–H groups in total. The Balaban J connectivity index is 2.12. The van der Waals surface area contributed by atoms with Crippen LogP contribution in [0.25, 0.3) is 10.9 Å². The number of carbonyl (C=O) groups excluding carboxylic acids is 1. The molecule has 1 amide bonds. The van der Waals surface area contributed by atoms with E-state index in [9.17, 15) is 4.79 Å². The van der Waals surface area contributed by atoms with Crippen molar-refractivity contribution < 1.29 is 9.90 Å². The minimum Gasteiger partial charge on any atom is -0.396 e. The van der Waals surface area contributed by atoms with Crippen molar-refractivity contribution in [3.8, 4) is 0 Å². The predicted octanol–water partition coefficient (Wildman–Crippen LogP) is 2.29. The summed E-state index contributed by atoms with van der Waals surface area (Å²) in [5, 5.41) is 12.6. The molecule has 0 radical (unpaired) electrons. The van der Waals surface area contributed by atoms with Crippen molar-refractivity contribution in [2.45, 2.75) is 26.7 Å². The molecule has 4 nitrogen and oxygen atoms in total. The van der Waals surface area contributed by atoms with Gasteiger partial charge in [-0.15, -0.1) is 0 Å². The highest BCUT2D eigenvalue weighted by atomic mass is 16.2. The number of hydrogen-bond acceptors (Lipinski definition) is 2. The molecule has 102 valence electrons. The first-order chi connectivity index (χ1) is 9.13. The molecule has 2 rings (SSSR count). The second kappa shape index (κ2) is 5.89. The minimum atomic E-state index is -0.0573. The third-order valence-corrected chi connectivity index (χ3v) is 3.44. The zero-order valence-electron chi connectivity index (χ0n) is 11.4. The summed E-state index contributed by atoms with van der Waals surface area (Å²) in [7, 11) is 0. The molecule has 2 aromatic rings. The topological polar surface area (TPSA) is 65.1 Å². The van der Waals surface area contributed by atoms with E-state index in [4.69, 9.17) is 5.11 Å². The number of aromatic nitrogens is 1. The van der Waals surface area contributed by atoms with Crippen LogP contribution in [0.2, 0.25) is 0 Å². The van der Waals surface area contributed by atoms with E-state index in [1.54, 1.807) is 0 Å². The number of aryl methyl sites for hydroxylation is 2. The Hall–Kier alpha value is -1.81. The molecule has 0 saturated heterocycles. The molecule has 0 spiro atoms. The van der Waals surface area contributed by atoms with Crippen LogP contribution in [0, 0.1) is 13.8 Å². The second-order valence-corrected chi connectivity index (χ2v) is 4.82. The number of H-pyrrole nitrogens is 1. The number of carbonyl (C=O) groups is 1. The van der Waals surface area contributed by atoms with Crippen LogP contribution in [0.1, 0.15) is 34.5 Å². The minimum absolute atomic E-state index is 0.0573. The molecule has 0 saturated carbocycles. The van der Waals surface area contributed by atoms with Crippen molar-refractivity contribution in [1.82, 2.24) is 10.3 Å². The Kier molecular flexibility index (Phi) is 4.22. The zero-order valence-corrected chi connectivity index (χ0v) is 11.4. The maximum atomic E-state index is 12.0. The van der Waals surface area contributed by atoms with E-state index >= 15 is 0 Å². The van der Waals surface area contributed by atoms with Crippen LogP contribution in [0.3, 0.4) is 0 Å². The smallest absolute Gasteiger partial charge is 0.251 e. The van der Waals surface area contributed by atoms with Gasteiger partial charge >= 0.3 is 0 Å². The number of aliphatic hydroxyl groups is 1.